The van der Waals surface area contributed by atoms with Gasteiger partial charge in [-0.05, 0) is 65.4 Å². The van der Waals surface area contributed by atoms with Gasteiger partial charge in [0, 0.05) is 33.5 Å². The predicted octanol–water partition coefficient (Wildman–Crippen LogP) is 3.87. The number of benzene rings is 1. The minimum atomic E-state index is -2.20. The van der Waals surface area contributed by atoms with Crippen LogP contribution in [0.4, 0.5) is 0 Å². The quantitative estimate of drug-likeness (QED) is 0.808. The second kappa shape index (κ2) is 4.87. The molecule has 0 bridgehead atoms. The van der Waals surface area contributed by atoms with Crippen molar-refractivity contribution in [3.05, 3.63) is 35.2 Å². The number of aromatic nitrogens is 1. The van der Waals surface area contributed by atoms with Crippen LogP contribution in [-0.2, 0) is 23.9 Å². The number of rotatable bonds is 3. The maximum absolute atomic E-state index is 12.0. The Morgan fingerprint density at radius 3 is 2.77 bits per heavy atom. The average Bonchev–Trinajstić information content (AvgIpc) is 3.27. The largest absolute Gasteiger partial charge is 0.768 e. The Hall–Kier alpha value is -1.26. The van der Waals surface area contributed by atoms with E-state index in [0.717, 1.165) is 41.3 Å². The maximum atomic E-state index is 12.0. The zero-order valence-electron chi connectivity index (χ0n) is 13.0. The molecule has 3 nitrogen and oxygen atoms in total. The van der Waals surface area contributed by atoms with E-state index in [1.807, 2.05) is 12.3 Å². The summed E-state index contributed by atoms with van der Waals surface area (Å²) in [4.78, 5) is 5.07. The summed E-state index contributed by atoms with van der Waals surface area (Å²) in [5, 5.41) is 1.83. The molecule has 0 amide bonds. The standard InChI is InChI=1S/C18H21NO2S/c1-3-18(2)8-12-6-13-10-19-16(11-4-5-11)7-14(13)17(22(20)21)15(12)9-18/h6-7,10-11H,3-5,8-9H2,1-2H3,(H,20,21)/p-1. The van der Waals surface area contributed by atoms with Gasteiger partial charge in [0.2, 0.25) is 0 Å². The highest BCUT2D eigenvalue weighted by atomic mass is 32.2. The van der Waals surface area contributed by atoms with E-state index in [4.69, 9.17) is 0 Å². The van der Waals surface area contributed by atoms with Crippen molar-refractivity contribution in [3.8, 4) is 0 Å². The van der Waals surface area contributed by atoms with E-state index in [1.165, 1.54) is 18.4 Å². The van der Waals surface area contributed by atoms with Crippen LogP contribution in [0.3, 0.4) is 0 Å². The summed E-state index contributed by atoms with van der Waals surface area (Å²) in [6, 6.07) is 4.17. The number of nitrogens with zero attached hydrogens (tertiary/aromatic N) is 1. The average molecular weight is 314 g/mol. The molecule has 0 aliphatic heterocycles. The predicted molar refractivity (Wildman–Crippen MR) is 86.7 cm³/mol. The van der Waals surface area contributed by atoms with Crippen molar-refractivity contribution in [3.63, 3.8) is 0 Å². The van der Waals surface area contributed by atoms with Crippen molar-refractivity contribution >= 4 is 21.9 Å². The first-order chi connectivity index (χ1) is 10.5. The SMILES string of the molecule is CCC1(C)Cc2cc3cnc(C4CC4)cc3c(S(=O)[O-])c2C1. The highest BCUT2D eigenvalue weighted by molar-refractivity contribution is 7.79. The Morgan fingerprint density at radius 2 is 2.14 bits per heavy atom. The van der Waals surface area contributed by atoms with Gasteiger partial charge in [-0.3, -0.25) is 9.19 Å². The van der Waals surface area contributed by atoms with Crippen LogP contribution in [0.1, 0.15) is 55.8 Å². The third kappa shape index (κ3) is 2.20. The zero-order chi connectivity index (χ0) is 15.5. The second-order valence-corrected chi connectivity index (χ2v) is 8.08. The van der Waals surface area contributed by atoms with Crippen LogP contribution in [0.5, 0.6) is 0 Å². The highest BCUT2D eigenvalue weighted by Gasteiger charge is 2.34. The van der Waals surface area contributed by atoms with Gasteiger partial charge in [0.25, 0.3) is 0 Å². The molecular formula is C18H20NO2S-. The summed E-state index contributed by atoms with van der Waals surface area (Å²) in [7, 11) is 0. The topological polar surface area (TPSA) is 53.0 Å². The Bertz CT molecular complexity index is 797. The number of hydrogen-bond donors (Lipinski definition) is 0. The number of hydrogen-bond acceptors (Lipinski definition) is 3. The summed E-state index contributed by atoms with van der Waals surface area (Å²) < 4.78 is 23.9. The fourth-order valence-corrected chi connectivity index (χ4v) is 4.48. The third-order valence-electron chi connectivity index (χ3n) is 5.43. The van der Waals surface area contributed by atoms with Crippen LogP contribution >= 0.6 is 0 Å². The van der Waals surface area contributed by atoms with E-state index in [2.05, 4.69) is 24.9 Å². The molecule has 2 aliphatic rings. The molecule has 1 aromatic heterocycles. The molecule has 1 fully saturated rings. The van der Waals surface area contributed by atoms with Crippen molar-refractivity contribution in [1.82, 2.24) is 4.98 Å². The fraction of sp³-hybridized carbons (Fsp3) is 0.500. The van der Waals surface area contributed by atoms with Crippen molar-refractivity contribution in [2.75, 3.05) is 0 Å². The fourth-order valence-electron chi connectivity index (χ4n) is 3.72. The van der Waals surface area contributed by atoms with E-state index < -0.39 is 11.1 Å². The van der Waals surface area contributed by atoms with Crippen LogP contribution in [0.2, 0.25) is 0 Å². The molecule has 4 rings (SSSR count). The van der Waals surface area contributed by atoms with Crippen LogP contribution in [0.25, 0.3) is 10.8 Å². The van der Waals surface area contributed by atoms with E-state index >= 15 is 0 Å². The molecule has 4 heteroatoms. The smallest absolute Gasteiger partial charge is 0.0441 e. The maximum Gasteiger partial charge on any atom is 0.0441 e. The summed E-state index contributed by atoms with van der Waals surface area (Å²) in [6.07, 6.45) is 7.10. The van der Waals surface area contributed by atoms with E-state index in [-0.39, 0.29) is 5.41 Å². The molecule has 2 unspecified atom stereocenters. The lowest BCUT2D eigenvalue weighted by molar-refractivity contribution is 0.331. The zero-order valence-corrected chi connectivity index (χ0v) is 13.8. The molecule has 2 atom stereocenters. The number of fused-ring (bicyclic) bond motifs is 2. The third-order valence-corrected chi connectivity index (χ3v) is 6.23. The van der Waals surface area contributed by atoms with E-state index in [0.29, 0.717) is 10.8 Å². The lowest BCUT2D eigenvalue weighted by Gasteiger charge is -2.21. The minimum absolute atomic E-state index is 0.181. The summed E-state index contributed by atoms with van der Waals surface area (Å²) in [5.74, 6) is 0.534. The highest BCUT2D eigenvalue weighted by Crippen LogP contribution is 2.45. The monoisotopic (exact) mass is 314 g/mol. The van der Waals surface area contributed by atoms with E-state index in [1.54, 1.807) is 0 Å². The molecule has 0 N–H and O–H groups in total. The van der Waals surface area contributed by atoms with Crippen LogP contribution in [0.15, 0.2) is 23.2 Å². The summed E-state index contributed by atoms with van der Waals surface area (Å²) >= 11 is -2.20. The first-order valence-electron chi connectivity index (χ1n) is 8.04. The van der Waals surface area contributed by atoms with Crippen LogP contribution in [-0.4, -0.2) is 13.7 Å². The van der Waals surface area contributed by atoms with Gasteiger partial charge in [0.05, 0.1) is 0 Å². The lowest BCUT2D eigenvalue weighted by Crippen LogP contribution is -2.14. The van der Waals surface area contributed by atoms with Crippen molar-refractivity contribution in [2.45, 2.75) is 56.8 Å². The molecule has 1 aromatic carbocycles. The lowest BCUT2D eigenvalue weighted by atomic mass is 9.85. The van der Waals surface area contributed by atoms with Gasteiger partial charge in [-0.2, -0.15) is 0 Å². The van der Waals surface area contributed by atoms with Gasteiger partial charge in [-0.25, -0.2) is 0 Å². The molecule has 116 valence electrons. The van der Waals surface area contributed by atoms with Gasteiger partial charge >= 0.3 is 0 Å². The number of pyridine rings is 1. The summed E-state index contributed by atoms with van der Waals surface area (Å²) in [6.45, 7) is 4.44. The van der Waals surface area contributed by atoms with Crippen molar-refractivity contribution < 1.29 is 8.76 Å². The Labute approximate surface area is 133 Å². The molecule has 2 aromatic rings. The van der Waals surface area contributed by atoms with Crippen molar-refractivity contribution in [2.24, 2.45) is 5.41 Å². The van der Waals surface area contributed by atoms with Crippen LogP contribution in [0, 0.1) is 5.41 Å². The van der Waals surface area contributed by atoms with Gasteiger partial charge < -0.3 is 4.55 Å². The van der Waals surface area contributed by atoms with Crippen molar-refractivity contribution in [1.29, 1.82) is 0 Å². The molecular weight excluding hydrogens is 294 g/mol. The van der Waals surface area contributed by atoms with E-state index in [9.17, 15) is 8.76 Å². The Morgan fingerprint density at radius 1 is 1.36 bits per heavy atom. The Balaban J connectivity index is 1.96. The van der Waals surface area contributed by atoms with Gasteiger partial charge in [-0.15, -0.1) is 0 Å². The Kier molecular flexibility index (Phi) is 3.17. The molecule has 0 saturated heterocycles. The second-order valence-electron chi connectivity index (χ2n) is 7.20. The van der Waals surface area contributed by atoms with Crippen LogP contribution < -0.4 is 0 Å². The molecule has 1 heterocycles. The van der Waals surface area contributed by atoms with Gasteiger partial charge in [0.1, 0.15) is 0 Å². The molecule has 0 spiro atoms. The van der Waals surface area contributed by atoms with Gasteiger partial charge in [-0.1, -0.05) is 20.3 Å². The van der Waals surface area contributed by atoms with Gasteiger partial charge in [0.15, 0.2) is 0 Å². The first kappa shape index (κ1) is 14.3. The summed E-state index contributed by atoms with van der Waals surface area (Å²) in [5.41, 5.74) is 3.46. The molecule has 0 radical (unpaired) electrons. The normalized spacial score (nSPS) is 25.4. The first-order valence-corrected chi connectivity index (χ1v) is 9.12. The molecule has 2 aliphatic carbocycles. The molecule has 1 saturated carbocycles. The minimum Gasteiger partial charge on any atom is -0.768 e. The molecule has 22 heavy (non-hydrogen) atoms.